The molecule has 0 amide bonds. The number of hydrogen-bond acceptors (Lipinski definition) is 4. The fourth-order valence-corrected chi connectivity index (χ4v) is 4.04. The average Bonchev–Trinajstić information content (AvgIpc) is 2.84. The first kappa shape index (κ1) is 16.5. The van der Waals surface area contributed by atoms with E-state index in [1.165, 1.54) is 15.7 Å². The van der Waals surface area contributed by atoms with Crippen molar-refractivity contribution < 1.29 is 22.7 Å². The van der Waals surface area contributed by atoms with E-state index >= 15 is 0 Å². The molecule has 0 radical (unpaired) electrons. The van der Waals surface area contributed by atoms with Crippen LogP contribution in [0.3, 0.4) is 0 Å². The second kappa shape index (κ2) is 6.47. The molecular formula is C12H17BrN2O5S. The normalized spacial score (nSPS) is 20.8. The summed E-state index contributed by atoms with van der Waals surface area (Å²) < 4.78 is 33.2. The summed E-state index contributed by atoms with van der Waals surface area (Å²) in [6, 6.07) is 3.38. The number of carboxylic acids is 1. The van der Waals surface area contributed by atoms with Gasteiger partial charge in [-0.3, -0.25) is 4.79 Å². The predicted octanol–water partition coefficient (Wildman–Crippen LogP) is 1.52. The van der Waals surface area contributed by atoms with Crippen molar-refractivity contribution in [3.8, 4) is 0 Å². The summed E-state index contributed by atoms with van der Waals surface area (Å²) in [5.74, 6) is -1.08. The maximum absolute atomic E-state index is 12.5. The van der Waals surface area contributed by atoms with Crippen molar-refractivity contribution in [2.75, 3.05) is 20.1 Å². The van der Waals surface area contributed by atoms with Crippen molar-refractivity contribution in [3.05, 3.63) is 22.6 Å². The lowest BCUT2D eigenvalue weighted by molar-refractivity contribution is -0.142. The molecule has 1 aromatic heterocycles. The van der Waals surface area contributed by atoms with Crippen LogP contribution in [0.2, 0.25) is 0 Å². The zero-order chi connectivity index (χ0) is 15.6. The summed E-state index contributed by atoms with van der Waals surface area (Å²) in [4.78, 5) is 11.0. The minimum absolute atomic E-state index is 0.0177. The van der Waals surface area contributed by atoms with Crippen molar-refractivity contribution in [1.82, 2.24) is 8.61 Å². The van der Waals surface area contributed by atoms with Gasteiger partial charge >= 0.3 is 5.97 Å². The fourth-order valence-electron chi connectivity index (χ4n) is 2.29. The molecule has 7 nitrogen and oxygen atoms in total. The highest BCUT2D eigenvalue weighted by molar-refractivity contribution is 9.10. The van der Waals surface area contributed by atoms with Gasteiger partial charge in [0.1, 0.15) is 5.76 Å². The van der Waals surface area contributed by atoms with E-state index in [1.54, 1.807) is 12.1 Å². The molecule has 1 aliphatic rings. The Hall–Kier alpha value is -0.900. The lowest BCUT2D eigenvalue weighted by Gasteiger charge is -2.32. The molecule has 1 N–H and O–H groups in total. The van der Waals surface area contributed by atoms with Gasteiger partial charge in [-0.25, -0.2) is 0 Å². The van der Waals surface area contributed by atoms with E-state index in [9.17, 15) is 13.2 Å². The summed E-state index contributed by atoms with van der Waals surface area (Å²) in [6.07, 6.45) is 1.06. The van der Waals surface area contributed by atoms with Crippen LogP contribution in [0.4, 0.5) is 0 Å². The molecule has 0 bridgehead atoms. The van der Waals surface area contributed by atoms with Crippen LogP contribution in [0, 0.1) is 5.92 Å². The van der Waals surface area contributed by atoms with E-state index in [0.29, 0.717) is 29.8 Å². The van der Waals surface area contributed by atoms with E-state index < -0.39 is 22.1 Å². The molecule has 1 fully saturated rings. The number of carbonyl (C=O) groups is 1. The number of hydrogen-bond donors (Lipinski definition) is 1. The third-order valence-electron chi connectivity index (χ3n) is 3.46. The zero-order valence-electron chi connectivity index (χ0n) is 11.5. The maximum atomic E-state index is 12.5. The Bertz CT molecular complexity index is 615. The van der Waals surface area contributed by atoms with Crippen molar-refractivity contribution in [2.45, 2.75) is 19.4 Å². The van der Waals surface area contributed by atoms with Crippen LogP contribution < -0.4 is 0 Å². The molecule has 1 saturated heterocycles. The van der Waals surface area contributed by atoms with Crippen molar-refractivity contribution >= 4 is 32.1 Å². The Morgan fingerprint density at radius 2 is 2.29 bits per heavy atom. The predicted molar refractivity (Wildman–Crippen MR) is 78.7 cm³/mol. The second-order valence-corrected chi connectivity index (χ2v) is 7.82. The monoisotopic (exact) mass is 380 g/mol. The highest BCUT2D eigenvalue weighted by Gasteiger charge is 2.34. The number of carboxylic acid groups (broad SMARTS) is 1. The standard InChI is InChI=1S/C12H17BrN2O5S/c1-14(8-10-4-5-11(13)20-10)21(18,19)15-6-2-3-9(7-15)12(16)17/h4-5,9H,2-3,6-8H2,1H3,(H,16,17). The summed E-state index contributed by atoms with van der Waals surface area (Å²) in [5, 5.41) is 9.04. The van der Waals surface area contributed by atoms with Gasteiger partial charge in [0.2, 0.25) is 0 Å². The van der Waals surface area contributed by atoms with Gasteiger partial charge in [0.05, 0.1) is 12.5 Å². The molecule has 1 aliphatic heterocycles. The Kier molecular flexibility index (Phi) is 5.07. The summed E-state index contributed by atoms with van der Waals surface area (Å²) >= 11 is 3.16. The molecule has 2 rings (SSSR count). The Labute approximate surface area is 131 Å². The number of piperidine rings is 1. The Morgan fingerprint density at radius 3 is 2.86 bits per heavy atom. The summed E-state index contributed by atoms with van der Waals surface area (Å²) in [5.41, 5.74) is 0. The number of halogens is 1. The van der Waals surface area contributed by atoms with Crippen LogP contribution >= 0.6 is 15.9 Å². The van der Waals surface area contributed by atoms with Crippen molar-refractivity contribution in [1.29, 1.82) is 0 Å². The van der Waals surface area contributed by atoms with Crippen LogP contribution in [0.5, 0.6) is 0 Å². The van der Waals surface area contributed by atoms with Gasteiger partial charge in [0.15, 0.2) is 4.67 Å². The average molecular weight is 381 g/mol. The third-order valence-corrected chi connectivity index (χ3v) is 5.79. The van der Waals surface area contributed by atoms with E-state index in [2.05, 4.69) is 15.9 Å². The van der Waals surface area contributed by atoms with Gasteiger partial charge in [-0.1, -0.05) is 0 Å². The van der Waals surface area contributed by atoms with E-state index in [0.717, 1.165) is 0 Å². The first-order chi connectivity index (χ1) is 9.80. The lowest BCUT2D eigenvalue weighted by Crippen LogP contribution is -2.47. The van der Waals surface area contributed by atoms with E-state index in [-0.39, 0.29) is 13.1 Å². The van der Waals surface area contributed by atoms with E-state index in [1.807, 2.05) is 0 Å². The van der Waals surface area contributed by atoms with Crippen molar-refractivity contribution in [3.63, 3.8) is 0 Å². The minimum Gasteiger partial charge on any atom is -0.481 e. The molecule has 9 heteroatoms. The smallest absolute Gasteiger partial charge is 0.307 e. The molecule has 1 aromatic rings. The quantitative estimate of drug-likeness (QED) is 0.835. The molecule has 21 heavy (non-hydrogen) atoms. The lowest BCUT2D eigenvalue weighted by atomic mass is 10.0. The number of rotatable bonds is 5. The first-order valence-corrected chi connectivity index (χ1v) is 8.68. The number of nitrogens with zero attached hydrogens (tertiary/aromatic N) is 2. The molecule has 1 atom stereocenters. The van der Waals surface area contributed by atoms with Crippen LogP contribution in [0.15, 0.2) is 21.2 Å². The molecule has 1 unspecified atom stereocenters. The van der Waals surface area contributed by atoms with Crippen LogP contribution in [-0.2, 0) is 21.5 Å². The molecular weight excluding hydrogens is 364 g/mol. The molecule has 0 spiro atoms. The third kappa shape index (κ3) is 3.85. The second-order valence-electron chi connectivity index (χ2n) is 5.01. The molecule has 0 saturated carbocycles. The molecule has 2 heterocycles. The van der Waals surface area contributed by atoms with Gasteiger partial charge in [-0.15, -0.1) is 0 Å². The zero-order valence-corrected chi connectivity index (χ0v) is 13.9. The largest absolute Gasteiger partial charge is 0.481 e. The molecule has 0 aromatic carbocycles. The number of aliphatic carboxylic acids is 1. The van der Waals surface area contributed by atoms with Crippen molar-refractivity contribution in [2.24, 2.45) is 5.92 Å². The van der Waals surface area contributed by atoms with Crippen LogP contribution in [-0.4, -0.2) is 48.2 Å². The van der Waals surface area contributed by atoms with Gasteiger partial charge in [0.25, 0.3) is 10.2 Å². The van der Waals surface area contributed by atoms with Gasteiger partial charge < -0.3 is 9.52 Å². The van der Waals surface area contributed by atoms with E-state index in [4.69, 9.17) is 9.52 Å². The van der Waals surface area contributed by atoms with Gasteiger partial charge in [-0.2, -0.15) is 17.0 Å². The van der Waals surface area contributed by atoms with Crippen LogP contribution in [0.25, 0.3) is 0 Å². The van der Waals surface area contributed by atoms with Gasteiger partial charge in [-0.05, 0) is 40.9 Å². The Morgan fingerprint density at radius 1 is 1.57 bits per heavy atom. The summed E-state index contributed by atoms with van der Waals surface area (Å²) in [7, 11) is -2.23. The maximum Gasteiger partial charge on any atom is 0.307 e. The first-order valence-electron chi connectivity index (χ1n) is 6.49. The topological polar surface area (TPSA) is 91.1 Å². The summed E-state index contributed by atoms with van der Waals surface area (Å²) in [6.45, 7) is 0.463. The highest BCUT2D eigenvalue weighted by Crippen LogP contribution is 2.22. The molecule has 118 valence electrons. The van der Waals surface area contributed by atoms with Gasteiger partial charge in [0, 0.05) is 20.1 Å². The Balaban J connectivity index is 2.07. The van der Waals surface area contributed by atoms with Crippen LogP contribution in [0.1, 0.15) is 18.6 Å². The number of furan rings is 1. The molecule has 0 aliphatic carbocycles. The highest BCUT2D eigenvalue weighted by atomic mass is 79.9. The minimum atomic E-state index is -3.69. The fraction of sp³-hybridized carbons (Fsp3) is 0.583. The SMILES string of the molecule is CN(Cc1ccc(Br)o1)S(=O)(=O)N1CCCC(C(=O)O)C1.